The number of aryl methyl sites for hydroxylation is 1. The fourth-order valence-electron chi connectivity index (χ4n) is 2.40. The van der Waals surface area contributed by atoms with E-state index < -0.39 is 0 Å². The molecular weight excluding hydrogens is 268 g/mol. The van der Waals surface area contributed by atoms with Gasteiger partial charge in [-0.1, -0.05) is 12.8 Å². The van der Waals surface area contributed by atoms with Crippen LogP contribution in [0.15, 0.2) is 0 Å². The number of hydrogen-bond donors (Lipinski definition) is 2. The predicted molar refractivity (Wildman–Crippen MR) is 79.4 cm³/mol. The van der Waals surface area contributed by atoms with Crippen LogP contribution in [0.4, 0.5) is 11.5 Å². The summed E-state index contributed by atoms with van der Waals surface area (Å²) in [6, 6.07) is 0. The van der Waals surface area contributed by atoms with Crippen LogP contribution < -0.4 is 11.1 Å². The lowest BCUT2D eigenvalue weighted by atomic mass is 10.1. The van der Waals surface area contributed by atoms with Gasteiger partial charge in [0.05, 0.1) is 11.4 Å². The van der Waals surface area contributed by atoms with Crippen LogP contribution in [0.2, 0.25) is 5.28 Å². The summed E-state index contributed by atoms with van der Waals surface area (Å²) in [6.07, 6.45) is 7.29. The fraction of sp³-hybridized carbons (Fsp3) is 0.667. The van der Waals surface area contributed by atoms with E-state index in [-0.39, 0.29) is 5.28 Å². The van der Waals surface area contributed by atoms with Crippen molar-refractivity contribution in [3.05, 3.63) is 11.0 Å². The molecule has 0 amide bonds. The summed E-state index contributed by atoms with van der Waals surface area (Å²) in [6.45, 7) is 2.72. The van der Waals surface area contributed by atoms with Gasteiger partial charge in [0.15, 0.2) is 5.82 Å². The fourth-order valence-corrected chi connectivity index (χ4v) is 3.52. The lowest BCUT2D eigenvalue weighted by Gasteiger charge is -2.27. The van der Waals surface area contributed by atoms with Crippen molar-refractivity contribution in [2.75, 3.05) is 23.9 Å². The van der Waals surface area contributed by atoms with Crippen molar-refractivity contribution < 1.29 is 0 Å². The molecule has 3 N–H and O–H groups in total. The standard InChI is InChI=1S/C12H19ClN4S/c1-8-9(14)10(17-11(13)16-8)15-7-12(18-2)5-3-4-6-12/h3-7,14H2,1-2H3,(H,15,16,17). The molecule has 1 aromatic heterocycles. The number of hydrogen-bond acceptors (Lipinski definition) is 5. The number of aromatic nitrogens is 2. The normalized spacial score (nSPS) is 17.9. The minimum absolute atomic E-state index is 0.244. The van der Waals surface area contributed by atoms with Crippen molar-refractivity contribution in [3.63, 3.8) is 0 Å². The number of rotatable bonds is 4. The van der Waals surface area contributed by atoms with Crippen molar-refractivity contribution in [3.8, 4) is 0 Å². The molecule has 0 aliphatic heterocycles. The Bertz CT molecular complexity index is 432. The molecule has 0 atom stereocenters. The Morgan fingerprint density at radius 2 is 2.06 bits per heavy atom. The van der Waals surface area contributed by atoms with Crippen LogP contribution in [-0.4, -0.2) is 27.5 Å². The third-order valence-electron chi connectivity index (χ3n) is 3.63. The zero-order chi connectivity index (χ0) is 13.2. The van der Waals surface area contributed by atoms with Crippen molar-refractivity contribution in [1.29, 1.82) is 0 Å². The molecule has 0 aromatic carbocycles. The molecule has 1 heterocycles. The van der Waals surface area contributed by atoms with E-state index in [9.17, 15) is 0 Å². The molecule has 18 heavy (non-hydrogen) atoms. The highest BCUT2D eigenvalue weighted by Gasteiger charge is 2.32. The highest BCUT2D eigenvalue weighted by molar-refractivity contribution is 8.00. The van der Waals surface area contributed by atoms with Crippen LogP contribution in [0.3, 0.4) is 0 Å². The van der Waals surface area contributed by atoms with E-state index in [4.69, 9.17) is 17.3 Å². The highest BCUT2D eigenvalue weighted by atomic mass is 35.5. The van der Waals surface area contributed by atoms with E-state index in [1.807, 2.05) is 18.7 Å². The Balaban J connectivity index is 2.10. The van der Waals surface area contributed by atoms with E-state index in [1.54, 1.807) is 0 Å². The van der Waals surface area contributed by atoms with E-state index in [2.05, 4.69) is 21.5 Å². The molecule has 1 saturated carbocycles. The van der Waals surface area contributed by atoms with Gasteiger partial charge in [0.2, 0.25) is 5.28 Å². The number of nitrogens with two attached hydrogens (primary N) is 1. The molecule has 2 rings (SSSR count). The topological polar surface area (TPSA) is 63.8 Å². The summed E-state index contributed by atoms with van der Waals surface area (Å²) in [5.74, 6) is 0.660. The summed E-state index contributed by atoms with van der Waals surface area (Å²) in [5.41, 5.74) is 7.28. The smallest absolute Gasteiger partial charge is 0.224 e. The van der Waals surface area contributed by atoms with E-state index in [1.165, 1.54) is 25.7 Å². The first-order chi connectivity index (χ1) is 8.56. The summed E-state index contributed by atoms with van der Waals surface area (Å²) >= 11 is 7.80. The molecule has 0 spiro atoms. The Kier molecular flexibility index (Phi) is 4.22. The van der Waals surface area contributed by atoms with Gasteiger partial charge >= 0.3 is 0 Å². The van der Waals surface area contributed by atoms with E-state index in [0.29, 0.717) is 16.3 Å². The summed E-state index contributed by atoms with van der Waals surface area (Å²) in [4.78, 5) is 8.20. The van der Waals surface area contributed by atoms with Gasteiger partial charge in [-0.05, 0) is 37.6 Å². The molecule has 0 radical (unpaired) electrons. The van der Waals surface area contributed by atoms with Gasteiger partial charge < -0.3 is 11.1 Å². The third kappa shape index (κ3) is 2.83. The van der Waals surface area contributed by atoms with Crippen LogP contribution in [0.25, 0.3) is 0 Å². The molecule has 0 saturated heterocycles. The zero-order valence-corrected chi connectivity index (χ0v) is 12.4. The predicted octanol–water partition coefficient (Wildman–Crippen LogP) is 3.11. The van der Waals surface area contributed by atoms with Gasteiger partial charge in [0.25, 0.3) is 0 Å². The SMILES string of the molecule is CSC1(CNc2nc(Cl)nc(C)c2N)CCCC1. The van der Waals surface area contributed by atoms with Gasteiger partial charge in [0.1, 0.15) is 0 Å². The largest absolute Gasteiger partial charge is 0.394 e. The Hall–Kier alpha value is -0.680. The highest BCUT2D eigenvalue weighted by Crippen LogP contribution is 2.40. The van der Waals surface area contributed by atoms with Gasteiger partial charge in [-0.25, -0.2) is 4.98 Å². The van der Waals surface area contributed by atoms with Crippen molar-refractivity contribution in [2.24, 2.45) is 0 Å². The average Bonchev–Trinajstić information content (AvgIpc) is 2.81. The molecule has 4 nitrogen and oxygen atoms in total. The van der Waals surface area contributed by atoms with Crippen molar-refractivity contribution >= 4 is 34.9 Å². The lowest BCUT2D eigenvalue weighted by Crippen LogP contribution is -2.30. The molecule has 1 fully saturated rings. The van der Waals surface area contributed by atoms with Crippen LogP contribution >= 0.6 is 23.4 Å². The number of nitrogens with one attached hydrogen (secondary N) is 1. The summed E-state index contributed by atoms with van der Waals surface area (Å²) < 4.78 is 0.317. The second-order valence-electron chi connectivity index (χ2n) is 4.79. The van der Waals surface area contributed by atoms with Crippen molar-refractivity contribution in [1.82, 2.24) is 9.97 Å². The number of nitrogen functional groups attached to an aromatic ring is 1. The molecule has 0 unspecified atom stereocenters. The maximum absolute atomic E-state index is 5.97. The molecule has 1 aliphatic carbocycles. The summed E-state index contributed by atoms with van der Waals surface area (Å²) in [7, 11) is 0. The Labute approximate surface area is 117 Å². The van der Waals surface area contributed by atoms with E-state index >= 15 is 0 Å². The van der Waals surface area contributed by atoms with Gasteiger partial charge in [0, 0.05) is 11.3 Å². The molecule has 6 heteroatoms. The maximum Gasteiger partial charge on any atom is 0.224 e. The second-order valence-corrected chi connectivity index (χ2v) is 6.40. The maximum atomic E-state index is 5.97. The van der Waals surface area contributed by atoms with Crippen molar-refractivity contribution in [2.45, 2.75) is 37.4 Å². The zero-order valence-electron chi connectivity index (χ0n) is 10.8. The van der Waals surface area contributed by atoms with E-state index in [0.717, 1.165) is 12.2 Å². The summed E-state index contributed by atoms with van der Waals surface area (Å²) in [5, 5.41) is 3.59. The van der Waals surface area contributed by atoms with Crippen LogP contribution in [0, 0.1) is 6.92 Å². The first-order valence-corrected chi connectivity index (χ1v) is 7.75. The van der Waals surface area contributed by atoms with Crippen LogP contribution in [0.1, 0.15) is 31.4 Å². The minimum Gasteiger partial charge on any atom is -0.394 e. The molecule has 1 aromatic rings. The first-order valence-electron chi connectivity index (χ1n) is 6.15. The molecule has 1 aliphatic rings. The van der Waals surface area contributed by atoms with Crippen LogP contribution in [-0.2, 0) is 0 Å². The average molecular weight is 287 g/mol. The Morgan fingerprint density at radius 3 is 2.67 bits per heavy atom. The monoisotopic (exact) mass is 286 g/mol. The molecule has 0 bridgehead atoms. The molecule has 100 valence electrons. The van der Waals surface area contributed by atoms with Gasteiger partial charge in [-0.2, -0.15) is 16.7 Å². The third-order valence-corrected chi connectivity index (χ3v) is 5.22. The number of nitrogens with zero attached hydrogens (tertiary/aromatic N) is 2. The first kappa shape index (κ1) is 13.7. The molecular formula is C12H19ClN4S. The minimum atomic E-state index is 0.244. The number of halogens is 1. The van der Waals surface area contributed by atoms with Gasteiger partial charge in [-0.3, -0.25) is 0 Å². The quantitative estimate of drug-likeness (QED) is 0.833. The van der Waals surface area contributed by atoms with Gasteiger partial charge in [-0.15, -0.1) is 0 Å². The van der Waals surface area contributed by atoms with Crippen LogP contribution in [0.5, 0.6) is 0 Å². The lowest BCUT2D eigenvalue weighted by molar-refractivity contribution is 0.638. The second kappa shape index (κ2) is 5.53. The Morgan fingerprint density at radius 1 is 1.39 bits per heavy atom. The number of anilines is 2. The number of thioether (sulfide) groups is 1.